The van der Waals surface area contributed by atoms with Crippen molar-refractivity contribution < 1.29 is 0 Å². The first-order valence-corrected chi connectivity index (χ1v) is 5.83. The Morgan fingerprint density at radius 2 is 2.14 bits per heavy atom. The summed E-state index contributed by atoms with van der Waals surface area (Å²) in [5.41, 5.74) is 0. The van der Waals surface area contributed by atoms with Crippen molar-refractivity contribution >= 4 is 16.0 Å². The summed E-state index contributed by atoms with van der Waals surface area (Å²) in [7, 11) is 0.866. The maximum atomic E-state index is 5.62. The lowest BCUT2D eigenvalue weighted by atomic mass is 11.0. The highest BCUT2D eigenvalue weighted by Crippen LogP contribution is 2.31. The van der Waals surface area contributed by atoms with Crippen LogP contribution in [0.3, 0.4) is 0 Å². The van der Waals surface area contributed by atoms with E-state index in [4.69, 9.17) is 6.13 Å². The molecule has 0 aliphatic carbocycles. The summed E-state index contributed by atoms with van der Waals surface area (Å²) in [5, 5.41) is 0.773. The maximum Gasteiger partial charge on any atom is 0.0141 e. The minimum atomic E-state index is -0.149. The van der Waals surface area contributed by atoms with Gasteiger partial charge in [0.1, 0.15) is 0 Å². The van der Waals surface area contributed by atoms with Crippen LogP contribution in [0.2, 0.25) is 0 Å². The molecule has 0 fully saturated rings. The third kappa shape index (κ3) is 3.12. The summed E-state index contributed by atoms with van der Waals surface area (Å²) in [6, 6.07) is 0. The Bertz CT molecular complexity index is 98.4. The van der Waals surface area contributed by atoms with E-state index in [1.165, 1.54) is 0 Å². The van der Waals surface area contributed by atoms with E-state index in [1.807, 2.05) is 0 Å². The Kier molecular flexibility index (Phi) is 3.76. The molecular formula is C5H12P2. The first kappa shape index (κ1) is 7.51. The first-order valence-electron chi connectivity index (χ1n) is 2.33. The topological polar surface area (TPSA) is 0 Å². The van der Waals surface area contributed by atoms with E-state index in [-0.39, 0.29) is 7.38 Å². The van der Waals surface area contributed by atoms with Gasteiger partial charge in [-0.15, -0.1) is 22.1 Å². The fourth-order valence-corrected chi connectivity index (χ4v) is 1.83. The van der Waals surface area contributed by atoms with Crippen molar-refractivity contribution in [3.63, 3.8) is 0 Å². The van der Waals surface area contributed by atoms with E-state index < -0.39 is 0 Å². The smallest absolute Gasteiger partial charge is 0.0141 e. The third-order valence-electron chi connectivity index (χ3n) is 1.03. The third-order valence-corrected chi connectivity index (χ3v) is 5.08. The first-order chi connectivity index (χ1) is 3.18. The van der Waals surface area contributed by atoms with Gasteiger partial charge in [-0.25, -0.2) is 0 Å². The molecule has 2 unspecified atom stereocenters. The maximum absolute atomic E-state index is 5.62. The standard InChI is InChI=1S/C5H12P2/c1-5(6-2)7(3)4/h3,5-6H,1-2,4H3/t5-/m0/s1. The van der Waals surface area contributed by atoms with Crippen molar-refractivity contribution in [3.8, 4) is 6.13 Å². The van der Waals surface area contributed by atoms with E-state index in [1.54, 1.807) is 0 Å². The molecular weight excluding hydrogens is 122 g/mol. The molecule has 0 aromatic rings. The molecule has 3 atom stereocenters. The average molecular weight is 134 g/mol. The molecule has 0 saturated carbocycles. The Morgan fingerprint density at radius 1 is 1.71 bits per heavy atom. The van der Waals surface area contributed by atoms with Crippen molar-refractivity contribution in [2.24, 2.45) is 0 Å². The van der Waals surface area contributed by atoms with Gasteiger partial charge in [0.2, 0.25) is 0 Å². The number of hydrogen-bond acceptors (Lipinski definition) is 0. The summed E-state index contributed by atoms with van der Waals surface area (Å²) in [5.74, 6) is 0. The fourth-order valence-electron chi connectivity index (χ4n) is 0.204. The van der Waals surface area contributed by atoms with Crippen LogP contribution in [0.1, 0.15) is 6.92 Å². The van der Waals surface area contributed by atoms with Crippen LogP contribution in [0.15, 0.2) is 0 Å². The van der Waals surface area contributed by atoms with Crippen molar-refractivity contribution in [2.45, 2.75) is 12.3 Å². The number of hydrogen-bond donors (Lipinski definition) is 0. The van der Waals surface area contributed by atoms with Gasteiger partial charge in [0.15, 0.2) is 0 Å². The molecule has 0 saturated heterocycles. The van der Waals surface area contributed by atoms with Crippen molar-refractivity contribution in [2.75, 3.05) is 13.3 Å². The Hall–Kier alpha value is 0.510. The van der Waals surface area contributed by atoms with Crippen LogP contribution in [0.25, 0.3) is 0 Å². The molecule has 0 bridgehead atoms. The van der Waals surface area contributed by atoms with Gasteiger partial charge in [-0.1, -0.05) is 6.92 Å². The molecule has 0 radical (unpaired) electrons. The molecule has 0 aromatic carbocycles. The van der Waals surface area contributed by atoms with Gasteiger partial charge in [-0.05, 0) is 13.3 Å². The zero-order valence-corrected chi connectivity index (χ0v) is 7.00. The Balaban J connectivity index is 3.42. The minimum Gasteiger partial charge on any atom is -0.147 e. The molecule has 0 N–H and O–H groups in total. The zero-order valence-electron chi connectivity index (χ0n) is 5.10. The predicted molar refractivity (Wildman–Crippen MR) is 41.5 cm³/mol. The molecule has 0 aliphatic heterocycles. The molecule has 0 heterocycles. The number of rotatable bonds is 1. The second-order valence-electron chi connectivity index (χ2n) is 1.63. The van der Waals surface area contributed by atoms with Crippen LogP contribution in [-0.2, 0) is 0 Å². The summed E-state index contributed by atoms with van der Waals surface area (Å²) < 4.78 is 0. The summed E-state index contributed by atoms with van der Waals surface area (Å²) in [6.45, 7) is 6.54. The van der Waals surface area contributed by atoms with Gasteiger partial charge in [-0.2, -0.15) is 0 Å². The van der Waals surface area contributed by atoms with E-state index >= 15 is 0 Å². The SMILES string of the molecule is C#P(C)[C@@H](C)PC. The minimum absolute atomic E-state index is 0.149. The molecule has 0 aromatic heterocycles. The quantitative estimate of drug-likeness (QED) is 0.483. The Labute approximate surface area is 48.5 Å². The van der Waals surface area contributed by atoms with Crippen LogP contribution in [0, 0.1) is 6.13 Å². The van der Waals surface area contributed by atoms with Gasteiger partial charge >= 0.3 is 0 Å². The van der Waals surface area contributed by atoms with E-state index in [2.05, 4.69) is 20.3 Å². The van der Waals surface area contributed by atoms with Gasteiger partial charge < -0.3 is 0 Å². The van der Waals surface area contributed by atoms with Gasteiger partial charge in [0.05, 0.1) is 0 Å². The molecule has 0 nitrogen and oxygen atoms in total. The highest BCUT2D eigenvalue weighted by molar-refractivity contribution is 7.61. The van der Waals surface area contributed by atoms with Crippen molar-refractivity contribution in [1.29, 1.82) is 0 Å². The van der Waals surface area contributed by atoms with Crippen molar-refractivity contribution in [3.05, 3.63) is 0 Å². The highest BCUT2D eigenvalue weighted by atomic mass is 31.1. The van der Waals surface area contributed by atoms with Crippen molar-refractivity contribution in [1.82, 2.24) is 0 Å². The molecule has 2 heteroatoms. The van der Waals surface area contributed by atoms with Crippen LogP contribution >= 0.6 is 16.0 Å². The normalized spacial score (nSPS) is 17.7. The molecule has 0 aliphatic rings. The zero-order chi connectivity index (χ0) is 5.86. The van der Waals surface area contributed by atoms with Crippen LogP contribution in [0.5, 0.6) is 0 Å². The largest absolute Gasteiger partial charge is 0.147 e. The summed E-state index contributed by atoms with van der Waals surface area (Å²) >= 11 is 0. The molecule has 0 amide bonds. The monoisotopic (exact) mass is 134 g/mol. The lowest BCUT2D eigenvalue weighted by Gasteiger charge is -2.02. The second kappa shape index (κ2) is 3.50. The molecule has 0 spiro atoms. The summed E-state index contributed by atoms with van der Waals surface area (Å²) in [4.78, 5) is 0. The Morgan fingerprint density at radius 3 is 2.14 bits per heavy atom. The summed E-state index contributed by atoms with van der Waals surface area (Å²) in [6.07, 6.45) is 5.62. The van der Waals surface area contributed by atoms with Crippen LogP contribution in [-0.4, -0.2) is 18.7 Å². The van der Waals surface area contributed by atoms with Crippen LogP contribution in [0.4, 0.5) is 0 Å². The van der Waals surface area contributed by atoms with Gasteiger partial charge in [0.25, 0.3) is 0 Å². The average Bonchev–Trinajstić information content (AvgIpc) is 1.65. The fraction of sp³-hybridized carbons (Fsp3) is 0.800. The van der Waals surface area contributed by atoms with E-state index in [9.17, 15) is 0 Å². The molecule has 42 valence electrons. The lowest BCUT2D eigenvalue weighted by molar-refractivity contribution is 1.40. The van der Waals surface area contributed by atoms with Gasteiger partial charge in [0, 0.05) is 5.40 Å². The van der Waals surface area contributed by atoms with Crippen LogP contribution < -0.4 is 0 Å². The highest BCUT2D eigenvalue weighted by Gasteiger charge is 1.92. The van der Waals surface area contributed by atoms with E-state index in [0.29, 0.717) is 0 Å². The van der Waals surface area contributed by atoms with Gasteiger partial charge in [-0.3, -0.25) is 0 Å². The lowest BCUT2D eigenvalue weighted by Crippen LogP contribution is -1.78. The molecule has 0 rings (SSSR count). The predicted octanol–water partition coefficient (Wildman–Crippen LogP) is 2.34. The second-order valence-corrected chi connectivity index (χ2v) is 5.66. The van der Waals surface area contributed by atoms with E-state index in [0.717, 1.165) is 14.0 Å². The molecule has 7 heavy (non-hydrogen) atoms.